The van der Waals surface area contributed by atoms with Crippen molar-refractivity contribution in [2.75, 3.05) is 11.9 Å². The Morgan fingerprint density at radius 3 is 2.63 bits per heavy atom. The molecule has 8 heteroatoms. The molecule has 0 saturated heterocycles. The zero-order chi connectivity index (χ0) is 21.3. The third-order valence-corrected chi connectivity index (χ3v) is 4.57. The van der Waals surface area contributed by atoms with Crippen molar-refractivity contribution in [1.29, 1.82) is 0 Å². The Labute approximate surface area is 183 Å². The van der Waals surface area contributed by atoms with Crippen LogP contribution in [-0.2, 0) is 17.8 Å². The quantitative estimate of drug-likeness (QED) is 0.484. The molecule has 0 atom stereocenters. The molecular formula is C22H22BrN3O4. The minimum Gasteiger partial charge on any atom is -0.477 e. The van der Waals surface area contributed by atoms with Crippen LogP contribution in [0.2, 0.25) is 0 Å². The van der Waals surface area contributed by atoms with E-state index in [9.17, 15) is 9.59 Å². The average Bonchev–Trinajstić information content (AvgIpc) is 3.19. The number of carbonyl (C=O) groups is 2. The highest BCUT2D eigenvalue weighted by Gasteiger charge is 2.11. The molecule has 156 valence electrons. The maximum absolute atomic E-state index is 12.3. The topological polar surface area (TPSA) is 93.5 Å². The molecule has 0 saturated carbocycles. The summed E-state index contributed by atoms with van der Waals surface area (Å²) in [5, 5.41) is 5.64. The summed E-state index contributed by atoms with van der Waals surface area (Å²) in [4.78, 5) is 28.6. The lowest BCUT2D eigenvalue weighted by molar-refractivity contribution is -0.120. The molecule has 2 aromatic heterocycles. The summed E-state index contributed by atoms with van der Waals surface area (Å²) < 4.78 is 11.3. The Kier molecular flexibility index (Phi) is 7.62. The van der Waals surface area contributed by atoms with Crippen LogP contribution in [0.15, 0.2) is 63.8 Å². The van der Waals surface area contributed by atoms with Crippen LogP contribution in [0.1, 0.15) is 35.0 Å². The number of aromatic nitrogens is 1. The van der Waals surface area contributed by atoms with Crippen molar-refractivity contribution in [2.45, 2.75) is 26.3 Å². The molecule has 3 aromatic rings. The first-order valence-electron chi connectivity index (χ1n) is 9.54. The number of hydrogen-bond donors (Lipinski definition) is 2. The minimum absolute atomic E-state index is 0.113. The lowest BCUT2D eigenvalue weighted by Crippen LogP contribution is -2.25. The molecule has 0 fully saturated rings. The van der Waals surface area contributed by atoms with Crippen LogP contribution in [0.25, 0.3) is 0 Å². The smallest absolute Gasteiger partial charge is 0.291 e. The molecular weight excluding hydrogens is 450 g/mol. The minimum atomic E-state index is -0.344. The van der Waals surface area contributed by atoms with Gasteiger partial charge in [0.2, 0.25) is 11.8 Å². The molecule has 0 aliphatic carbocycles. The van der Waals surface area contributed by atoms with Crippen LogP contribution >= 0.6 is 15.9 Å². The number of rotatable bonds is 9. The standard InChI is InChI=1S/C22H22BrN3O4/c1-2-12-29-22-16(4-3-11-24-22)14-25-20(27)13-15-5-7-17(8-6-15)26-21(28)18-9-10-19(23)30-18/h3-11H,2,12-14H2,1H3,(H,25,27)(H,26,28). The van der Waals surface area contributed by atoms with E-state index >= 15 is 0 Å². The number of furan rings is 1. The van der Waals surface area contributed by atoms with Crippen molar-refractivity contribution in [3.05, 3.63) is 76.3 Å². The Bertz CT molecular complexity index is 1000. The first-order chi connectivity index (χ1) is 14.5. The number of halogens is 1. The van der Waals surface area contributed by atoms with E-state index in [1.807, 2.05) is 19.1 Å². The number of carbonyl (C=O) groups excluding carboxylic acids is 2. The zero-order valence-electron chi connectivity index (χ0n) is 16.5. The number of benzene rings is 1. The van der Waals surface area contributed by atoms with Gasteiger partial charge in [0.05, 0.1) is 13.0 Å². The monoisotopic (exact) mass is 471 g/mol. The predicted molar refractivity (Wildman–Crippen MR) is 116 cm³/mol. The van der Waals surface area contributed by atoms with Crippen molar-refractivity contribution in [2.24, 2.45) is 0 Å². The molecule has 0 bridgehead atoms. The van der Waals surface area contributed by atoms with Crippen molar-refractivity contribution in [3.63, 3.8) is 0 Å². The van der Waals surface area contributed by atoms with E-state index in [-0.39, 0.29) is 24.0 Å². The molecule has 0 unspecified atom stereocenters. The van der Waals surface area contributed by atoms with E-state index in [2.05, 4.69) is 31.5 Å². The van der Waals surface area contributed by atoms with Gasteiger partial charge in [-0.25, -0.2) is 4.98 Å². The van der Waals surface area contributed by atoms with E-state index in [1.165, 1.54) is 0 Å². The van der Waals surface area contributed by atoms with Crippen LogP contribution in [-0.4, -0.2) is 23.4 Å². The van der Waals surface area contributed by atoms with Crippen molar-refractivity contribution < 1.29 is 18.7 Å². The maximum Gasteiger partial charge on any atom is 0.291 e. The van der Waals surface area contributed by atoms with Gasteiger partial charge in [0, 0.05) is 24.0 Å². The molecule has 0 radical (unpaired) electrons. The molecule has 1 aromatic carbocycles. The van der Waals surface area contributed by atoms with E-state index in [0.29, 0.717) is 29.4 Å². The third-order valence-electron chi connectivity index (χ3n) is 4.14. The fraction of sp³-hybridized carbons (Fsp3) is 0.227. The Morgan fingerprint density at radius 1 is 1.13 bits per heavy atom. The Morgan fingerprint density at radius 2 is 1.93 bits per heavy atom. The molecule has 2 amide bonds. The summed E-state index contributed by atoms with van der Waals surface area (Å²) in [6.45, 7) is 2.95. The number of nitrogens with one attached hydrogen (secondary N) is 2. The third kappa shape index (κ3) is 6.18. The average molecular weight is 472 g/mol. The van der Waals surface area contributed by atoms with Gasteiger partial charge in [-0.15, -0.1) is 0 Å². The molecule has 2 heterocycles. The van der Waals surface area contributed by atoms with Crippen molar-refractivity contribution in [3.8, 4) is 5.88 Å². The van der Waals surface area contributed by atoms with Crippen LogP contribution in [0.5, 0.6) is 5.88 Å². The number of nitrogens with zero attached hydrogens (tertiary/aromatic N) is 1. The van der Waals surface area contributed by atoms with E-state index in [4.69, 9.17) is 9.15 Å². The van der Waals surface area contributed by atoms with E-state index in [1.54, 1.807) is 42.6 Å². The second-order valence-electron chi connectivity index (χ2n) is 6.52. The van der Waals surface area contributed by atoms with Crippen LogP contribution in [0.4, 0.5) is 5.69 Å². The fourth-order valence-electron chi connectivity index (χ4n) is 2.66. The van der Waals surface area contributed by atoms with E-state index < -0.39 is 0 Å². The van der Waals surface area contributed by atoms with Gasteiger partial charge in [0.15, 0.2) is 10.4 Å². The van der Waals surface area contributed by atoms with Gasteiger partial charge in [-0.2, -0.15) is 0 Å². The largest absolute Gasteiger partial charge is 0.477 e. The van der Waals surface area contributed by atoms with Gasteiger partial charge in [-0.3, -0.25) is 9.59 Å². The van der Waals surface area contributed by atoms with Crippen LogP contribution in [0, 0.1) is 0 Å². The number of anilines is 1. The van der Waals surface area contributed by atoms with Gasteiger partial charge in [0.1, 0.15) is 0 Å². The number of ether oxygens (including phenoxy) is 1. The summed E-state index contributed by atoms with van der Waals surface area (Å²) in [6.07, 6.45) is 2.78. The Balaban J connectivity index is 1.50. The number of amides is 2. The van der Waals surface area contributed by atoms with Gasteiger partial charge < -0.3 is 19.8 Å². The molecule has 30 heavy (non-hydrogen) atoms. The van der Waals surface area contributed by atoms with Crippen LogP contribution in [0.3, 0.4) is 0 Å². The lowest BCUT2D eigenvalue weighted by Gasteiger charge is -2.11. The molecule has 7 nitrogen and oxygen atoms in total. The van der Waals surface area contributed by atoms with Gasteiger partial charge in [0.25, 0.3) is 5.91 Å². The first kappa shape index (κ1) is 21.6. The van der Waals surface area contributed by atoms with E-state index in [0.717, 1.165) is 17.5 Å². The molecule has 2 N–H and O–H groups in total. The summed E-state index contributed by atoms with van der Waals surface area (Å²) in [6, 6.07) is 14.0. The van der Waals surface area contributed by atoms with Gasteiger partial charge >= 0.3 is 0 Å². The molecule has 3 rings (SSSR count). The highest BCUT2D eigenvalue weighted by molar-refractivity contribution is 9.10. The van der Waals surface area contributed by atoms with Crippen LogP contribution < -0.4 is 15.4 Å². The Hall–Kier alpha value is -3.13. The highest BCUT2D eigenvalue weighted by Crippen LogP contribution is 2.17. The molecule has 0 aliphatic rings. The van der Waals surface area contributed by atoms with Gasteiger partial charge in [-0.1, -0.05) is 25.1 Å². The van der Waals surface area contributed by atoms with Crippen molar-refractivity contribution in [1.82, 2.24) is 10.3 Å². The summed E-state index contributed by atoms with van der Waals surface area (Å²) in [5.74, 6) is 0.299. The second-order valence-corrected chi connectivity index (χ2v) is 7.31. The lowest BCUT2D eigenvalue weighted by atomic mass is 10.1. The SMILES string of the molecule is CCCOc1ncccc1CNC(=O)Cc1ccc(NC(=O)c2ccc(Br)o2)cc1. The fourth-order valence-corrected chi connectivity index (χ4v) is 2.97. The second kappa shape index (κ2) is 10.6. The first-order valence-corrected chi connectivity index (χ1v) is 10.3. The zero-order valence-corrected chi connectivity index (χ0v) is 18.1. The summed E-state index contributed by atoms with van der Waals surface area (Å²) in [5.41, 5.74) is 2.28. The number of hydrogen-bond acceptors (Lipinski definition) is 5. The molecule has 0 aliphatic heterocycles. The summed E-state index contributed by atoms with van der Waals surface area (Å²) in [7, 11) is 0. The maximum atomic E-state index is 12.3. The number of pyridine rings is 1. The predicted octanol–water partition coefficient (Wildman–Crippen LogP) is 4.34. The highest BCUT2D eigenvalue weighted by atomic mass is 79.9. The van der Waals surface area contributed by atoms with Crippen molar-refractivity contribution >= 4 is 33.4 Å². The normalized spacial score (nSPS) is 10.5. The molecule has 0 spiro atoms. The van der Waals surface area contributed by atoms with Gasteiger partial charge in [-0.05, 0) is 58.2 Å². The summed E-state index contributed by atoms with van der Waals surface area (Å²) >= 11 is 3.17.